The maximum absolute atomic E-state index is 11.6. The second kappa shape index (κ2) is 7.41. The van der Waals surface area contributed by atoms with Crippen LogP contribution >= 0.6 is 0 Å². The Morgan fingerprint density at radius 1 is 1.40 bits per heavy atom. The number of primary amides is 1. The Labute approximate surface area is 124 Å². The van der Waals surface area contributed by atoms with Crippen molar-refractivity contribution in [1.29, 1.82) is 0 Å². The fourth-order valence-corrected chi connectivity index (χ4v) is 2.93. The molecule has 0 saturated carbocycles. The van der Waals surface area contributed by atoms with E-state index in [0.29, 0.717) is 5.41 Å². The van der Waals surface area contributed by atoms with Gasteiger partial charge in [0.25, 0.3) is 0 Å². The normalized spacial score (nSPS) is 21.8. The highest BCUT2D eigenvalue weighted by molar-refractivity contribution is 5.84. The first-order chi connectivity index (χ1) is 9.29. The molecule has 0 aromatic heterocycles. The standard InChI is InChI=1S/C16H33N3O/c1-5-10-18-16(4,14(17)20)8-6-7-11-19-12-9-15(2,3)13-19/h18H,5-13H2,1-4H3,(H2,17,20). The lowest BCUT2D eigenvalue weighted by molar-refractivity contribution is -0.124. The molecule has 118 valence electrons. The number of unbranched alkanes of at least 4 members (excludes halogenated alkanes) is 1. The van der Waals surface area contributed by atoms with Crippen LogP contribution in [0.5, 0.6) is 0 Å². The topological polar surface area (TPSA) is 58.4 Å². The van der Waals surface area contributed by atoms with Crippen LogP contribution in [0.25, 0.3) is 0 Å². The highest BCUT2D eigenvalue weighted by atomic mass is 16.1. The Bertz CT molecular complexity index is 317. The van der Waals surface area contributed by atoms with Crippen LogP contribution in [0.1, 0.15) is 59.8 Å². The number of carbonyl (C=O) groups is 1. The van der Waals surface area contributed by atoms with Gasteiger partial charge in [-0.1, -0.05) is 20.8 Å². The largest absolute Gasteiger partial charge is 0.368 e. The molecule has 1 rings (SSSR count). The summed E-state index contributed by atoms with van der Waals surface area (Å²) >= 11 is 0. The zero-order chi connectivity index (χ0) is 15.2. The van der Waals surface area contributed by atoms with E-state index in [1.54, 1.807) is 0 Å². The van der Waals surface area contributed by atoms with Crippen LogP contribution in [0.4, 0.5) is 0 Å². The molecule has 3 N–H and O–H groups in total. The number of rotatable bonds is 9. The summed E-state index contributed by atoms with van der Waals surface area (Å²) in [5, 5.41) is 3.30. The van der Waals surface area contributed by atoms with Crippen LogP contribution < -0.4 is 11.1 Å². The SMILES string of the molecule is CCCNC(C)(CCCCN1CCC(C)(C)C1)C(N)=O. The number of hydrogen-bond donors (Lipinski definition) is 2. The number of amides is 1. The van der Waals surface area contributed by atoms with Gasteiger partial charge < -0.3 is 16.0 Å². The molecule has 1 aliphatic rings. The number of likely N-dealkylation sites (tertiary alicyclic amines) is 1. The van der Waals surface area contributed by atoms with Gasteiger partial charge >= 0.3 is 0 Å². The van der Waals surface area contributed by atoms with Crippen LogP contribution in [0.15, 0.2) is 0 Å². The van der Waals surface area contributed by atoms with Crippen molar-refractivity contribution in [2.24, 2.45) is 11.1 Å². The summed E-state index contributed by atoms with van der Waals surface area (Å²) in [6.45, 7) is 13.1. The smallest absolute Gasteiger partial charge is 0.237 e. The molecule has 1 amide bonds. The molecule has 0 aromatic carbocycles. The molecule has 1 fully saturated rings. The fraction of sp³-hybridized carbons (Fsp3) is 0.938. The van der Waals surface area contributed by atoms with Gasteiger partial charge in [0.05, 0.1) is 5.54 Å². The van der Waals surface area contributed by atoms with E-state index in [4.69, 9.17) is 5.73 Å². The summed E-state index contributed by atoms with van der Waals surface area (Å²) in [5.74, 6) is -0.228. The van der Waals surface area contributed by atoms with Gasteiger partial charge in [-0.25, -0.2) is 0 Å². The fourth-order valence-electron chi connectivity index (χ4n) is 2.93. The van der Waals surface area contributed by atoms with Crippen molar-refractivity contribution in [3.8, 4) is 0 Å². The van der Waals surface area contributed by atoms with Crippen LogP contribution in [0.3, 0.4) is 0 Å². The van der Waals surface area contributed by atoms with Crippen molar-refractivity contribution in [3.63, 3.8) is 0 Å². The zero-order valence-electron chi connectivity index (χ0n) is 13.8. The van der Waals surface area contributed by atoms with E-state index >= 15 is 0 Å². The lowest BCUT2D eigenvalue weighted by Gasteiger charge is -2.28. The van der Waals surface area contributed by atoms with Gasteiger partial charge in [0.1, 0.15) is 0 Å². The maximum Gasteiger partial charge on any atom is 0.237 e. The van der Waals surface area contributed by atoms with Crippen LogP contribution in [-0.2, 0) is 4.79 Å². The summed E-state index contributed by atoms with van der Waals surface area (Å²) in [6, 6.07) is 0. The average Bonchev–Trinajstić information content (AvgIpc) is 2.71. The van der Waals surface area contributed by atoms with Crippen LogP contribution in [0, 0.1) is 5.41 Å². The molecular formula is C16H33N3O. The zero-order valence-corrected chi connectivity index (χ0v) is 13.8. The van der Waals surface area contributed by atoms with Crippen molar-refractivity contribution in [1.82, 2.24) is 10.2 Å². The molecule has 4 heteroatoms. The quantitative estimate of drug-likeness (QED) is 0.637. The molecule has 0 radical (unpaired) electrons. The van der Waals surface area contributed by atoms with Crippen molar-refractivity contribution >= 4 is 5.91 Å². The van der Waals surface area contributed by atoms with E-state index in [0.717, 1.165) is 38.8 Å². The Balaban J connectivity index is 2.26. The number of nitrogens with zero attached hydrogens (tertiary/aromatic N) is 1. The highest BCUT2D eigenvalue weighted by Gasteiger charge is 2.30. The first-order valence-corrected chi connectivity index (χ1v) is 8.06. The molecule has 1 heterocycles. The third-order valence-electron chi connectivity index (χ3n) is 4.47. The van der Waals surface area contributed by atoms with Gasteiger partial charge in [-0.3, -0.25) is 4.79 Å². The minimum atomic E-state index is -0.541. The van der Waals surface area contributed by atoms with Crippen molar-refractivity contribution in [2.75, 3.05) is 26.2 Å². The summed E-state index contributed by atoms with van der Waals surface area (Å²) in [6.07, 6.45) is 5.34. The lowest BCUT2D eigenvalue weighted by atomic mass is 9.93. The van der Waals surface area contributed by atoms with Crippen molar-refractivity contribution in [2.45, 2.75) is 65.3 Å². The monoisotopic (exact) mass is 283 g/mol. The summed E-state index contributed by atoms with van der Waals surface area (Å²) in [5.41, 5.74) is 5.48. The minimum Gasteiger partial charge on any atom is -0.368 e. The first-order valence-electron chi connectivity index (χ1n) is 8.06. The van der Waals surface area contributed by atoms with E-state index in [-0.39, 0.29) is 5.91 Å². The van der Waals surface area contributed by atoms with Gasteiger partial charge in [-0.15, -0.1) is 0 Å². The van der Waals surface area contributed by atoms with Crippen molar-refractivity contribution < 1.29 is 4.79 Å². The summed E-state index contributed by atoms with van der Waals surface area (Å²) in [7, 11) is 0. The Morgan fingerprint density at radius 3 is 2.60 bits per heavy atom. The van der Waals surface area contributed by atoms with E-state index < -0.39 is 5.54 Å². The van der Waals surface area contributed by atoms with Gasteiger partial charge in [0.2, 0.25) is 5.91 Å². The predicted molar refractivity (Wildman–Crippen MR) is 84.6 cm³/mol. The third-order valence-corrected chi connectivity index (χ3v) is 4.47. The lowest BCUT2D eigenvalue weighted by Crippen LogP contribution is -2.53. The van der Waals surface area contributed by atoms with Gasteiger partial charge in [0, 0.05) is 6.54 Å². The molecule has 1 saturated heterocycles. The van der Waals surface area contributed by atoms with Gasteiger partial charge in [-0.2, -0.15) is 0 Å². The van der Waals surface area contributed by atoms with Gasteiger partial charge in [-0.05, 0) is 64.1 Å². The van der Waals surface area contributed by atoms with Crippen LogP contribution in [-0.4, -0.2) is 42.5 Å². The van der Waals surface area contributed by atoms with Crippen molar-refractivity contribution in [3.05, 3.63) is 0 Å². The van der Waals surface area contributed by atoms with E-state index in [1.165, 1.54) is 19.5 Å². The number of nitrogens with one attached hydrogen (secondary N) is 1. The maximum atomic E-state index is 11.6. The molecule has 20 heavy (non-hydrogen) atoms. The summed E-state index contributed by atoms with van der Waals surface area (Å²) in [4.78, 5) is 14.2. The van der Waals surface area contributed by atoms with Crippen LogP contribution in [0.2, 0.25) is 0 Å². The molecule has 1 unspecified atom stereocenters. The minimum absolute atomic E-state index is 0.228. The molecule has 0 aliphatic carbocycles. The second-order valence-electron chi connectivity index (χ2n) is 7.27. The predicted octanol–water partition coefficient (Wildman–Crippen LogP) is 2.13. The molecule has 1 aliphatic heterocycles. The second-order valence-corrected chi connectivity index (χ2v) is 7.27. The highest BCUT2D eigenvalue weighted by Crippen LogP contribution is 2.28. The Morgan fingerprint density at radius 2 is 2.10 bits per heavy atom. The number of nitrogens with two attached hydrogens (primary N) is 1. The summed E-state index contributed by atoms with van der Waals surface area (Å²) < 4.78 is 0. The molecule has 0 aromatic rings. The van der Waals surface area contributed by atoms with E-state index in [1.807, 2.05) is 6.92 Å². The van der Waals surface area contributed by atoms with E-state index in [9.17, 15) is 4.79 Å². The number of hydrogen-bond acceptors (Lipinski definition) is 3. The molecule has 0 bridgehead atoms. The first kappa shape index (κ1) is 17.4. The third kappa shape index (κ3) is 5.41. The Kier molecular flexibility index (Phi) is 6.46. The average molecular weight is 283 g/mol. The van der Waals surface area contributed by atoms with E-state index in [2.05, 4.69) is 31.0 Å². The molecular weight excluding hydrogens is 250 g/mol. The Hall–Kier alpha value is -0.610. The van der Waals surface area contributed by atoms with Gasteiger partial charge in [0.15, 0.2) is 0 Å². The molecule has 4 nitrogen and oxygen atoms in total. The molecule has 1 atom stereocenters. The molecule has 0 spiro atoms. The number of carbonyl (C=O) groups excluding carboxylic acids is 1.